The number of amides is 1. The summed E-state index contributed by atoms with van der Waals surface area (Å²) in [6.07, 6.45) is 4.14. The van der Waals surface area contributed by atoms with Gasteiger partial charge in [0, 0.05) is 12.6 Å². The third-order valence-electron chi connectivity index (χ3n) is 3.21. The highest BCUT2D eigenvalue weighted by atomic mass is 16.3. The first kappa shape index (κ1) is 12.5. The van der Waals surface area contributed by atoms with Crippen LogP contribution >= 0.6 is 0 Å². The zero-order chi connectivity index (χ0) is 14.1. The van der Waals surface area contributed by atoms with Gasteiger partial charge < -0.3 is 4.42 Å². The summed E-state index contributed by atoms with van der Waals surface area (Å²) >= 11 is 0. The van der Waals surface area contributed by atoms with Gasteiger partial charge in [-0.15, -0.1) is 0 Å². The van der Waals surface area contributed by atoms with Crippen LogP contribution in [0.1, 0.15) is 40.0 Å². The molecule has 1 aliphatic carbocycles. The number of carbonyl (C=O) groups excluding carboxylic acids is 2. The largest absolute Gasteiger partial charge is 0.459 e. The zero-order valence-corrected chi connectivity index (χ0v) is 10.9. The van der Waals surface area contributed by atoms with Gasteiger partial charge in [0.25, 0.3) is 5.91 Å². The van der Waals surface area contributed by atoms with Gasteiger partial charge in [-0.1, -0.05) is 6.92 Å². The van der Waals surface area contributed by atoms with Crippen LogP contribution in [0, 0.1) is 5.92 Å². The lowest BCUT2D eigenvalue weighted by molar-refractivity contribution is 0.0951. The van der Waals surface area contributed by atoms with Gasteiger partial charge in [0.2, 0.25) is 5.95 Å². The molecule has 0 aromatic carbocycles. The predicted molar refractivity (Wildman–Crippen MR) is 70.5 cm³/mol. The highest BCUT2D eigenvalue weighted by Crippen LogP contribution is 2.24. The van der Waals surface area contributed by atoms with E-state index in [0.717, 1.165) is 0 Å². The summed E-state index contributed by atoms with van der Waals surface area (Å²) in [6, 6.07) is 3.18. The fourth-order valence-corrected chi connectivity index (χ4v) is 2.27. The van der Waals surface area contributed by atoms with E-state index in [1.54, 1.807) is 12.1 Å². The summed E-state index contributed by atoms with van der Waals surface area (Å²) < 4.78 is 4.99. The lowest BCUT2D eigenvalue weighted by Crippen LogP contribution is -2.21. The molecule has 102 valence electrons. The molecule has 6 heteroatoms. The number of ketones is 1. The van der Waals surface area contributed by atoms with E-state index in [-0.39, 0.29) is 23.4 Å². The first-order chi connectivity index (χ1) is 9.63. The molecule has 3 rings (SSSR count). The molecule has 6 nitrogen and oxygen atoms in total. The van der Waals surface area contributed by atoms with Crippen molar-refractivity contribution in [2.75, 3.05) is 5.32 Å². The standard InChI is InChI=1S/C14H13N3O3/c1-8-5-10-9(11(18)6-8)7-15-14(16-10)17-13(19)12-3-2-4-20-12/h2-4,7-8H,5-6H2,1H3,(H,15,16,17,19)/t8-/m1/s1. The van der Waals surface area contributed by atoms with E-state index in [4.69, 9.17) is 4.42 Å². The molecule has 0 radical (unpaired) electrons. The average Bonchev–Trinajstić information content (AvgIpc) is 2.91. The van der Waals surface area contributed by atoms with E-state index >= 15 is 0 Å². The third-order valence-corrected chi connectivity index (χ3v) is 3.21. The van der Waals surface area contributed by atoms with Crippen molar-refractivity contribution in [3.8, 4) is 0 Å². The molecule has 2 aromatic heterocycles. The number of nitrogens with zero attached hydrogens (tertiary/aromatic N) is 2. The Morgan fingerprint density at radius 1 is 1.45 bits per heavy atom. The van der Waals surface area contributed by atoms with Crippen LogP contribution in [0.3, 0.4) is 0 Å². The second-order valence-corrected chi connectivity index (χ2v) is 4.92. The van der Waals surface area contributed by atoms with Crippen molar-refractivity contribution in [1.29, 1.82) is 0 Å². The molecule has 0 aliphatic heterocycles. The number of nitrogens with one attached hydrogen (secondary N) is 1. The molecule has 0 fully saturated rings. The SMILES string of the molecule is C[C@H]1CC(=O)c2cnc(NC(=O)c3ccco3)nc2C1. The van der Waals surface area contributed by atoms with E-state index in [1.807, 2.05) is 6.92 Å². The van der Waals surface area contributed by atoms with Gasteiger partial charge in [0.1, 0.15) is 0 Å². The molecule has 20 heavy (non-hydrogen) atoms. The van der Waals surface area contributed by atoms with Gasteiger partial charge in [0.05, 0.1) is 17.5 Å². The number of hydrogen-bond donors (Lipinski definition) is 1. The fraction of sp³-hybridized carbons (Fsp3) is 0.286. The van der Waals surface area contributed by atoms with Crippen LogP contribution in [0.4, 0.5) is 5.95 Å². The van der Waals surface area contributed by atoms with Crippen molar-refractivity contribution < 1.29 is 14.0 Å². The normalized spacial score (nSPS) is 17.6. The summed E-state index contributed by atoms with van der Waals surface area (Å²) in [5.41, 5.74) is 1.25. The Morgan fingerprint density at radius 2 is 2.30 bits per heavy atom. The molecule has 1 N–H and O–H groups in total. The highest BCUT2D eigenvalue weighted by Gasteiger charge is 2.24. The molecular weight excluding hydrogens is 258 g/mol. The Balaban J connectivity index is 1.84. The Morgan fingerprint density at radius 3 is 3.05 bits per heavy atom. The van der Waals surface area contributed by atoms with Crippen LogP contribution in [0.2, 0.25) is 0 Å². The van der Waals surface area contributed by atoms with Gasteiger partial charge in [-0.2, -0.15) is 0 Å². The first-order valence-corrected chi connectivity index (χ1v) is 6.37. The molecule has 0 saturated heterocycles. The lowest BCUT2D eigenvalue weighted by atomic mass is 9.88. The lowest BCUT2D eigenvalue weighted by Gasteiger charge is -2.19. The number of rotatable bonds is 2. The molecule has 2 heterocycles. The Hall–Kier alpha value is -2.50. The van der Waals surface area contributed by atoms with Crippen molar-refractivity contribution >= 4 is 17.6 Å². The molecule has 2 aromatic rings. The quantitative estimate of drug-likeness (QED) is 0.903. The first-order valence-electron chi connectivity index (χ1n) is 6.37. The zero-order valence-electron chi connectivity index (χ0n) is 10.9. The van der Waals surface area contributed by atoms with Crippen molar-refractivity contribution in [1.82, 2.24) is 9.97 Å². The number of anilines is 1. The van der Waals surface area contributed by atoms with E-state index in [1.165, 1.54) is 12.5 Å². The Kier molecular flexibility index (Phi) is 3.06. The minimum absolute atomic E-state index is 0.0580. The third kappa shape index (κ3) is 2.32. The number of aromatic nitrogens is 2. The van der Waals surface area contributed by atoms with Crippen molar-refractivity contribution in [3.05, 3.63) is 41.6 Å². The van der Waals surface area contributed by atoms with Gasteiger partial charge >= 0.3 is 0 Å². The summed E-state index contributed by atoms with van der Waals surface area (Å²) in [5, 5.41) is 2.56. The Bertz CT molecular complexity index is 664. The summed E-state index contributed by atoms with van der Waals surface area (Å²) in [4.78, 5) is 31.9. The van der Waals surface area contributed by atoms with E-state index in [9.17, 15) is 9.59 Å². The number of carbonyl (C=O) groups is 2. The number of fused-ring (bicyclic) bond motifs is 1. The van der Waals surface area contributed by atoms with E-state index < -0.39 is 5.91 Å². The second-order valence-electron chi connectivity index (χ2n) is 4.92. The van der Waals surface area contributed by atoms with Crippen LogP contribution in [0.5, 0.6) is 0 Å². The molecular formula is C14H13N3O3. The number of hydrogen-bond acceptors (Lipinski definition) is 5. The summed E-state index contributed by atoms with van der Waals surface area (Å²) in [7, 11) is 0. The van der Waals surface area contributed by atoms with E-state index in [0.29, 0.717) is 24.1 Å². The summed E-state index contributed by atoms with van der Waals surface area (Å²) in [5.74, 6) is 0.286. The number of furan rings is 1. The van der Waals surface area contributed by atoms with Gasteiger partial charge in [-0.3, -0.25) is 14.9 Å². The maximum Gasteiger partial charge on any atom is 0.293 e. The fourth-order valence-electron chi connectivity index (χ4n) is 2.27. The van der Waals surface area contributed by atoms with E-state index in [2.05, 4.69) is 15.3 Å². The molecule has 1 amide bonds. The minimum Gasteiger partial charge on any atom is -0.459 e. The number of Topliss-reactive ketones (excluding diaryl/α,β-unsaturated/α-hetero) is 1. The molecule has 0 bridgehead atoms. The van der Waals surface area contributed by atoms with Gasteiger partial charge in [-0.05, 0) is 24.5 Å². The van der Waals surface area contributed by atoms with Gasteiger partial charge in [-0.25, -0.2) is 9.97 Å². The molecule has 0 unspecified atom stereocenters. The predicted octanol–water partition coefficient (Wildman–Crippen LogP) is 2.09. The summed E-state index contributed by atoms with van der Waals surface area (Å²) in [6.45, 7) is 2.00. The maximum atomic E-state index is 11.8. The van der Waals surface area contributed by atoms with Gasteiger partial charge in [0.15, 0.2) is 11.5 Å². The van der Waals surface area contributed by atoms with Crippen LogP contribution in [-0.2, 0) is 6.42 Å². The monoisotopic (exact) mass is 271 g/mol. The molecule has 1 atom stereocenters. The van der Waals surface area contributed by atoms with Crippen LogP contribution < -0.4 is 5.32 Å². The average molecular weight is 271 g/mol. The van der Waals surface area contributed by atoms with Crippen LogP contribution in [0.25, 0.3) is 0 Å². The Labute approximate surface area is 115 Å². The highest BCUT2D eigenvalue weighted by molar-refractivity contribution is 6.01. The van der Waals surface area contributed by atoms with Crippen LogP contribution in [0.15, 0.2) is 29.0 Å². The van der Waals surface area contributed by atoms with Crippen molar-refractivity contribution in [3.63, 3.8) is 0 Å². The maximum absolute atomic E-state index is 11.8. The van der Waals surface area contributed by atoms with Crippen molar-refractivity contribution in [2.45, 2.75) is 19.8 Å². The molecule has 0 saturated carbocycles. The second kappa shape index (κ2) is 4.88. The smallest absolute Gasteiger partial charge is 0.293 e. The van der Waals surface area contributed by atoms with Crippen molar-refractivity contribution in [2.24, 2.45) is 5.92 Å². The minimum atomic E-state index is -0.412. The van der Waals surface area contributed by atoms with Crippen LogP contribution in [-0.4, -0.2) is 21.7 Å². The molecule has 1 aliphatic rings. The topological polar surface area (TPSA) is 85.1 Å². The molecule has 0 spiro atoms.